The van der Waals surface area contributed by atoms with Crippen LogP contribution >= 0.6 is 11.5 Å². The van der Waals surface area contributed by atoms with Crippen molar-refractivity contribution < 1.29 is 4.79 Å². The number of hydrogen-bond donors (Lipinski definition) is 0. The van der Waals surface area contributed by atoms with Crippen LogP contribution in [0, 0.1) is 0 Å². The van der Waals surface area contributed by atoms with Crippen LogP contribution in [0.5, 0.6) is 0 Å². The zero-order chi connectivity index (χ0) is 17.1. The fourth-order valence-corrected chi connectivity index (χ4v) is 3.73. The number of anilines is 1. The summed E-state index contributed by atoms with van der Waals surface area (Å²) in [5.74, 6) is -0.0275. The van der Waals surface area contributed by atoms with E-state index >= 15 is 0 Å². The first-order valence-electron chi connectivity index (χ1n) is 8.30. The molecular weight excluding hydrogens is 332 g/mol. The molecule has 1 saturated heterocycles. The molecule has 1 aliphatic heterocycles. The zero-order valence-electron chi connectivity index (χ0n) is 13.7. The number of aromatic nitrogens is 2. The van der Waals surface area contributed by atoms with E-state index in [2.05, 4.69) is 26.6 Å². The number of rotatable bonds is 3. The molecule has 1 aliphatic rings. The van der Waals surface area contributed by atoms with Crippen LogP contribution in [0.2, 0.25) is 0 Å². The number of carbonyl (C=O) groups is 1. The number of amides is 1. The van der Waals surface area contributed by atoms with Crippen LogP contribution in [-0.4, -0.2) is 46.6 Å². The zero-order valence-corrected chi connectivity index (χ0v) is 14.5. The quantitative estimate of drug-likeness (QED) is 0.728. The van der Waals surface area contributed by atoms with E-state index in [0.717, 1.165) is 23.5 Å². The standard InChI is InChI=1S/C19H18N4OS/c24-19(17-18(25-21-20-17)15-7-3-1-4-8-15)23-13-11-22(12-14-23)16-9-5-2-6-10-16/h1-10H,11-14H2. The first kappa shape index (κ1) is 15.8. The summed E-state index contributed by atoms with van der Waals surface area (Å²) in [7, 11) is 0. The van der Waals surface area contributed by atoms with Gasteiger partial charge in [0.15, 0.2) is 5.69 Å². The van der Waals surface area contributed by atoms with Crippen molar-refractivity contribution in [1.29, 1.82) is 0 Å². The van der Waals surface area contributed by atoms with Gasteiger partial charge in [0, 0.05) is 31.9 Å². The molecule has 0 saturated carbocycles. The second-order valence-electron chi connectivity index (χ2n) is 5.93. The summed E-state index contributed by atoms with van der Waals surface area (Å²) >= 11 is 1.27. The van der Waals surface area contributed by atoms with Gasteiger partial charge in [-0.2, -0.15) is 0 Å². The Balaban J connectivity index is 1.48. The highest BCUT2D eigenvalue weighted by molar-refractivity contribution is 7.09. The van der Waals surface area contributed by atoms with E-state index in [0.29, 0.717) is 18.8 Å². The van der Waals surface area contributed by atoms with Crippen molar-refractivity contribution >= 4 is 23.1 Å². The molecule has 0 bridgehead atoms. The van der Waals surface area contributed by atoms with Gasteiger partial charge in [-0.1, -0.05) is 53.0 Å². The first-order valence-corrected chi connectivity index (χ1v) is 9.07. The van der Waals surface area contributed by atoms with Gasteiger partial charge in [-0.3, -0.25) is 4.79 Å². The molecule has 0 atom stereocenters. The van der Waals surface area contributed by atoms with Gasteiger partial charge in [0.25, 0.3) is 5.91 Å². The van der Waals surface area contributed by atoms with E-state index in [1.165, 1.54) is 17.2 Å². The molecule has 126 valence electrons. The monoisotopic (exact) mass is 350 g/mol. The van der Waals surface area contributed by atoms with Gasteiger partial charge in [-0.05, 0) is 29.2 Å². The Kier molecular flexibility index (Phi) is 4.43. The van der Waals surface area contributed by atoms with Crippen LogP contribution in [0.1, 0.15) is 10.5 Å². The summed E-state index contributed by atoms with van der Waals surface area (Å²) in [4.78, 5) is 17.9. The van der Waals surface area contributed by atoms with E-state index in [1.54, 1.807) is 0 Å². The Morgan fingerprint density at radius 2 is 1.52 bits per heavy atom. The number of benzene rings is 2. The van der Waals surface area contributed by atoms with Crippen LogP contribution in [0.15, 0.2) is 60.7 Å². The average Bonchev–Trinajstić information content (AvgIpc) is 3.19. The maximum Gasteiger partial charge on any atom is 0.276 e. The molecule has 0 aliphatic carbocycles. The molecule has 2 heterocycles. The molecule has 0 spiro atoms. The van der Waals surface area contributed by atoms with Gasteiger partial charge in [-0.15, -0.1) is 5.10 Å². The largest absolute Gasteiger partial charge is 0.368 e. The number of nitrogens with zero attached hydrogens (tertiary/aromatic N) is 4. The minimum Gasteiger partial charge on any atom is -0.368 e. The van der Waals surface area contributed by atoms with Crippen molar-refractivity contribution in [2.45, 2.75) is 0 Å². The molecule has 5 nitrogen and oxygen atoms in total. The van der Waals surface area contributed by atoms with Crippen molar-refractivity contribution in [3.8, 4) is 10.4 Å². The summed E-state index contributed by atoms with van der Waals surface area (Å²) in [6, 6.07) is 20.2. The fraction of sp³-hybridized carbons (Fsp3) is 0.211. The van der Waals surface area contributed by atoms with E-state index < -0.39 is 0 Å². The van der Waals surface area contributed by atoms with Crippen LogP contribution in [0.3, 0.4) is 0 Å². The predicted octanol–water partition coefficient (Wildman–Crippen LogP) is 3.17. The molecule has 1 fully saturated rings. The third-order valence-corrected chi connectivity index (χ3v) is 5.19. The Morgan fingerprint density at radius 1 is 0.880 bits per heavy atom. The lowest BCUT2D eigenvalue weighted by molar-refractivity contribution is 0.0741. The highest BCUT2D eigenvalue weighted by Gasteiger charge is 2.26. The van der Waals surface area contributed by atoms with E-state index in [4.69, 9.17) is 0 Å². The van der Waals surface area contributed by atoms with Crippen molar-refractivity contribution in [3.05, 3.63) is 66.4 Å². The minimum absolute atomic E-state index is 0.0275. The number of piperazine rings is 1. The van der Waals surface area contributed by atoms with Gasteiger partial charge < -0.3 is 9.80 Å². The second kappa shape index (κ2) is 7.03. The van der Waals surface area contributed by atoms with E-state index in [1.807, 2.05) is 53.4 Å². The van der Waals surface area contributed by atoms with Gasteiger partial charge in [0.1, 0.15) is 0 Å². The lowest BCUT2D eigenvalue weighted by Gasteiger charge is -2.35. The van der Waals surface area contributed by atoms with E-state index in [-0.39, 0.29) is 5.91 Å². The molecule has 2 aromatic carbocycles. The molecular formula is C19H18N4OS. The molecule has 0 radical (unpaired) electrons. The Hall–Kier alpha value is -2.73. The topological polar surface area (TPSA) is 49.3 Å². The highest BCUT2D eigenvalue weighted by atomic mass is 32.1. The fourth-order valence-electron chi connectivity index (χ4n) is 3.07. The Morgan fingerprint density at radius 3 is 2.20 bits per heavy atom. The molecule has 6 heteroatoms. The van der Waals surface area contributed by atoms with E-state index in [9.17, 15) is 4.79 Å². The molecule has 1 aromatic heterocycles. The molecule has 3 aromatic rings. The van der Waals surface area contributed by atoms with Crippen molar-refractivity contribution in [2.24, 2.45) is 0 Å². The average molecular weight is 350 g/mol. The van der Waals surface area contributed by atoms with Gasteiger partial charge in [0.05, 0.1) is 4.88 Å². The minimum atomic E-state index is -0.0275. The number of carbonyl (C=O) groups excluding carboxylic acids is 1. The number of para-hydroxylation sites is 1. The molecule has 25 heavy (non-hydrogen) atoms. The van der Waals surface area contributed by atoms with Crippen LogP contribution in [0.25, 0.3) is 10.4 Å². The van der Waals surface area contributed by atoms with Crippen LogP contribution in [0.4, 0.5) is 5.69 Å². The SMILES string of the molecule is O=C(c1nnsc1-c1ccccc1)N1CCN(c2ccccc2)CC1. The summed E-state index contributed by atoms with van der Waals surface area (Å²) in [6.07, 6.45) is 0. The molecule has 4 rings (SSSR count). The van der Waals surface area contributed by atoms with Crippen LogP contribution in [-0.2, 0) is 0 Å². The van der Waals surface area contributed by atoms with Crippen LogP contribution < -0.4 is 4.90 Å². The second-order valence-corrected chi connectivity index (χ2v) is 6.69. The maximum atomic E-state index is 12.9. The predicted molar refractivity (Wildman–Crippen MR) is 99.9 cm³/mol. The van der Waals surface area contributed by atoms with Gasteiger partial charge in [-0.25, -0.2) is 0 Å². The summed E-state index contributed by atoms with van der Waals surface area (Å²) in [5, 5.41) is 4.11. The van der Waals surface area contributed by atoms with Gasteiger partial charge in [0.2, 0.25) is 0 Å². The summed E-state index contributed by atoms with van der Waals surface area (Å²) in [6.45, 7) is 3.04. The third-order valence-electron chi connectivity index (χ3n) is 4.41. The van der Waals surface area contributed by atoms with Crippen molar-refractivity contribution in [1.82, 2.24) is 14.5 Å². The lowest BCUT2D eigenvalue weighted by atomic mass is 10.1. The molecule has 0 N–H and O–H groups in total. The van der Waals surface area contributed by atoms with Crippen molar-refractivity contribution in [3.63, 3.8) is 0 Å². The summed E-state index contributed by atoms with van der Waals surface area (Å²) in [5.41, 5.74) is 2.66. The smallest absolute Gasteiger partial charge is 0.276 e. The maximum absolute atomic E-state index is 12.9. The normalized spacial score (nSPS) is 14.6. The Labute approximate surface area is 150 Å². The number of hydrogen-bond acceptors (Lipinski definition) is 5. The highest BCUT2D eigenvalue weighted by Crippen LogP contribution is 2.27. The van der Waals surface area contributed by atoms with Crippen molar-refractivity contribution in [2.75, 3.05) is 31.1 Å². The molecule has 1 amide bonds. The Bertz CT molecular complexity index is 842. The third kappa shape index (κ3) is 3.25. The van der Waals surface area contributed by atoms with Gasteiger partial charge >= 0.3 is 0 Å². The first-order chi connectivity index (χ1) is 12.3. The summed E-state index contributed by atoms with van der Waals surface area (Å²) < 4.78 is 4.01. The lowest BCUT2D eigenvalue weighted by Crippen LogP contribution is -2.49. The molecule has 0 unspecified atom stereocenters.